The molecule has 0 saturated heterocycles. The Labute approximate surface area is 170 Å². The van der Waals surface area contributed by atoms with Gasteiger partial charge in [0.25, 0.3) is 0 Å². The van der Waals surface area contributed by atoms with Crippen molar-refractivity contribution in [1.29, 1.82) is 0 Å². The molecule has 0 heterocycles. The van der Waals surface area contributed by atoms with Crippen LogP contribution in [0.4, 0.5) is 0 Å². The zero-order valence-electron chi connectivity index (χ0n) is 16.1. The summed E-state index contributed by atoms with van der Waals surface area (Å²) in [4.78, 5) is 11.9. The number of rotatable bonds is 7. The van der Waals surface area contributed by atoms with Crippen LogP contribution in [-0.4, -0.2) is 19.2 Å². The standard InChI is InChI=1S/C25H22O4/c1-2-23(26)29-25-21-14-8-6-12-19(21)24(20-13-7-9-15-22(20)25)28-17-16-27-18-10-4-3-5-11-18/h2-12,14H,1,13,15-17H2. The van der Waals surface area contributed by atoms with E-state index in [-0.39, 0.29) is 0 Å². The Kier molecular flexibility index (Phi) is 5.61. The lowest BCUT2D eigenvalue weighted by molar-refractivity contribution is -0.128. The second-order valence-corrected chi connectivity index (χ2v) is 6.68. The first-order valence-corrected chi connectivity index (χ1v) is 9.64. The Morgan fingerprint density at radius 2 is 1.41 bits per heavy atom. The summed E-state index contributed by atoms with van der Waals surface area (Å²) in [7, 11) is 0. The molecule has 0 radical (unpaired) electrons. The molecule has 4 nitrogen and oxygen atoms in total. The minimum Gasteiger partial charge on any atom is -0.490 e. The van der Waals surface area contributed by atoms with Crippen molar-refractivity contribution in [2.75, 3.05) is 13.2 Å². The van der Waals surface area contributed by atoms with Crippen molar-refractivity contribution in [3.05, 3.63) is 90.5 Å². The summed E-state index contributed by atoms with van der Waals surface area (Å²) in [5.74, 6) is 1.78. The van der Waals surface area contributed by atoms with Gasteiger partial charge in [0.2, 0.25) is 0 Å². The molecule has 0 unspecified atom stereocenters. The van der Waals surface area contributed by atoms with E-state index in [9.17, 15) is 4.79 Å². The zero-order valence-corrected chi connectivity index (χ0v) is 16.1. The van der Waals surface area contributed by atoms with Gasteiger partial charge in [-0.3, -0.25) is 0 Å². The number of allylic oxidation sites excluding steroid dienone is 2. The van der Waals surface area contributed by atoms with Gasteiger partial charge in [-0.2, -0.15) is 0 Å². The van der Waals surface area contributed by atoms with E-state index in [0.29, 0.717) is 25.4 Å². The number of ether oxygens (including phenoxy) is 3. The monoisotopic (exact) mass is 386 g/mol. The van der Waals surface area contributed by atoms with Crippen LogP contribution in [0.2, 0.25) is 0 Å². The Morgan fingerprint density at radius 1 is 0.828 bits per heavy atom. The molecule has 0 aliphatic heterocycles. The molecule has 0 spiro atoms. The molecule has 0 fully saturated rings. The highest BCUT2D eigenvalue weighted by molar-refractivity contribution is 5.98. The summed E-state index contributed by atoms with van der Waals surface area (Å²) < 4.78 is 17.6. The van der Waals surface area contributed by atoms with Gasteiger partial charge in [-0.1, -0.05) is 61.2 Å². The molecular formula is C25H22O4. The molecule has 4 heteroatoms. The number of benzene rings is 3. The van der Waals surface area contributed by atoms with Crippen molar-refractivity contribution in [1.82, 2.24) is 0 Å². The van der Waals surface area contributed by atoms with Crippen LogP contribution in [0.25, 0.3) is 10.8 Å². The molecule has 3 aromatic rings. The third-order valence-corrected chi connectivity index (χ3v) is 4.85. The number of hydrogen-bond donors (Lipinski definition) is 0. The molecule has 0 aromatic heterocycles. The largest absolute Gasteiger partial charge is 0.490 e. The molecule has 1 aliphatic carbocycles. The van der Waals surface area contributed by atoms with Crippen molar-refractivity contribution < 1.29 is 19.0 Å². The maximum Gasteiger partial charge on any atom is 0.335 e. The van der Waals surface area contributed by atoms with Crippen molar-refractivity contribution in [2.45, 2.75) is 12.8 Å². The normalized spacial score (nSPS) is 12.3. The molecule has 0 bridgehead atoms. The van der Waals surface area contributed by atoms with E-state index < -0.39 is 5.97 Å². The van der Waals surface area contributed by atoms with Crippen molar-refractivity contribution >= 4 is 16.7 Å². The van der Waals surface area contributed by atoms with Gasteiger partial charge in [0.05, 0.1) is 0 Å². The molecular weight excluding hydrogens is 364 g/mol. The predicted octanol–water partition coefficient (Wildman–Crippen LogP) is 5.04. The van der Waals surface area contributed by atoms with Crippen LogP contribution in [0.5, 0.6) is 17.2 Å². The molecule has 0 saturated carbocycles. The molecule has 4 rings (SSSR count). The van der Waals surface area contributed by atoms with Crippen molar-refractivity contribution in [3.8, 4) is 17.2 Å². The van der Waals surface area contributed by atoms with Gasteiger partial charge in [0.15, 0.2) is 0 Å². The highest BCUT2D eigenvalue weighted by Crippen LogP contribution is 2.43. The van der Waals surface area contributed by atoms with Crippen LogP contribution in [0.3, 0.4) is 0 Å². The van der Waals surface area contributed by atoms with Crippen LogP contribution < -0.4 is 14.2 Å². The van der Waals surface area contributed by atoms with Crippen LogP contribution in [0, 0.1) is 0 Å². The summed E-state index contributed by atoms with van der Waals surface area (Å²) in [6.45, 7) is 4.37. The summed E-state index contributed by atoms with van der Waals surface area (Å²) >= 11 is 0. The number of carbonyl (C=O) groups is 1. The Balaban J connectivity index is 1.66. The number of fused-ring (bicyclic) bond motifs is 2. The topological polar surface area (TPSA) is 44.8 Å². The fourth-order valence-electron chi connectivity index (χ4n) is 3.56. The summed E-state index contributed by atoms with van der Waals surface area (Å²) in [5, 5.41) is 1.78. The van der Waals surface area contributed by atoms with Gasteiger partial charge >= 0.3 is 5.97 Å². The maximum atomic E-state index is 11.9. The minimum absolute atomic E-state index is 0.417. The second kappa shape index (κ2) is 8.65. The molecule has 0 amide bonds. The average molecular weight is 386 g/mol. The lowest BCUT2D eigenvalue weighted by Crippen LogP contribution is -2.14. The number of hydrogen-bond acceptors (Lipinski definition) is 4. The molecule has 29 heavy (non-hydrogen) atoms. The fourth-order valence-corrected chi connectivity index (χ4v) is 3.56. The first kappa shape index (κ1) is 18.8. The van der Waals surface area contributed by atoms with E-state index >= 15 is 0 Å². The Morgan fingerprint density at radius 3 is 2.10 bits per heavy atom. The summed E-state index contributed by atoms with van der Waals surface area (Å²) in [5.41, 5.74) is 2.04. The molecule has 146 valence electrons. The minimum atomic E-state index is -0.461. The lowest BCUT2D eigenvalue weighted by atomic mass is 9.90. The Bertz CT molecular complexity index is 1070. The van der Waals surface area contributed by atoms with Crippen LogP contribution in [-0.2, 0) is 17.6 Å². The van der Waals surface area contributed by atoms with E-state index in [2.05, 4.69) is 18.7 Å². The number of para-hydroxylation sites is 1. The van der Waals surface area contributed by atoms with Crippen LogP contribution in [0.15, 0.2) is 79.4 Å². The maximum absolute atomic E-state index is 11.9. The Hall–Kier alpha value is -3.53. The van der Waals surface area contributed by atoms with Crippen LogP contribution >= 0.6 is 0 Å². The number of carbonyl (C=O) groups excluding carboxylic acids is 1. The first-order valence-electron chi connectivity index (χ1n) is 9.64. The van der Waals surface area contributed by atoms with E-state index in [4.69, 9.17) is 14.2 Å². The summed E-state index contributed by atoms with van der Waals surface area (Å²) in [6, 6.07) is 17.5. The fraction of sp³-hybridized carbons (Fsp3) is 0.160. The number of esters is 1. The predicted molar refractivity (Wildman–Crippen MR) is 114 cm³/mol. The smallest absolute Gasteiger partial charge is 0.335 e. The van der Waals surface area contributed by atoms with Crippen molar-refractivity contribution in [2.24, 2.45) is 0 Å². The van der Waals surface area contributed by atoms with E-state index in [1.807, 2.05) is 54.6 Å². The van der Waals surface area contributed by atoms with Gasteiger partial charge in [-0.25, -0.2) is 4.79 Å². The highest BCUT2D eigenvalue weighted by Gasteiger charge is 2.23. The lowest BCUT2D eigenvalue weighted by Gasteiger charge is -2.22. The second-order valence-electron chi connectivity index (χ2n) is 6.68. The van der Waals surface area contributed by atoms with Gasteiger partial charge < -0.3 is 14.2 Å². The van der Waals surface area contributed by atoms with E-state index in [0.717, 1.165) is 39.8 Å². The van der Waals surface area contributed by atoms with E-state index in [1.165, 1.54) is 6.08 Å². The van der Waals surface area contributed by atoms with Gasteiger partial charge in [-0.15, -0.1) is 0 Å². The van der Waals surface area contributed by atoms with Gasteiger partial charge in [-0.05, 0) is 25.0 Å². The van der Waals surface area contributed by atoms with Gasteiger partial charge in [0, 0.05) is 28.0 Å². The zero-order chi connectivity index (χ0) is 20.1. The van der Waals surface area contributed by atoms with Gasteiger partial charge in [0.1, 0.15) is 30.5 Å². The van der Waals surface area contributed by atoms with Crippen LogP contribution in [0.1, 0.15) is 11.1 Å². The van der Waals surface area contributed by atoms with E-state index in [1.54, 1.807) is 0 Å². The quantitative estimate of drug-likeness (QED) is 0.188. The third kappa shape index (κ3) is 4.02. The molecule has 0 atom stereocenters. The summed E-state index contributed by atoms with van der Waals surface area (Å²) in [6.07, 6.45) is 6.81. The third-order valence-electron chi connectivity index (χ3n) is 4.85. The van der Waals surface area contributed by atoms with Crippen molar-refractivity contribution in [3.63, 3.8) is 0 Å². The SMILES string of the molecule is C=CC(=O)Oc1c2c(c(OCCOc3ccccc3)c3ccccc13)CC=CC2. The first-order chi connectivity index (χ1) is 14.3. The molecule has 0 N–H and O–H groups in total. The molecule has 3 aromatic carbocycles. The average Bonchev–Trinajstić information content (AvgIpc) is 2.78. The highest BCUT2D eigenvalue weighted by atomic mass is 16.5. The molecule has 1 aliphatic rings.